The zero-order chi connectivity index (χ0) is 21.2. The number of hydrogen-bond donors (Lipinski definition) is 1. The fraction of sp³-hybridized carbons (Fsp3) is 0.375. The second-order valence-corrected chi connectivity index (χ2v) is 7.14. The van der Waals surface area contributed by atoms with Crippen molar-refractivity contribution in [2.24, 2.45) is 0 Å². The van der Waals surface area contributed by atoms with Crippen LogP contribution >= 0.6 is 0 Å². The first-order valence-electron chi connectivity index (χ1n) is 10.2. The van der Waals surface area contributed by atoms with Crippen molar-refractivity contribution in [3.05, 3.63) is 65.7 Å². The summed E-state index contributed by atoms with van der Waals surface area (Å²) in [6.07, 6.45) is 3.51. The number of carboxylic acid groups (broad SMARTS) is 1. The van der Waals surface area contributed by atoms with Gasteiger partial charge in [0.2, 0.25) is 0 Å². The number of rotatable bonds is 11. The second kappa shape index (κ2) is 11.1. The predicted molar refractivity (Wildman–Crippen MR) is 114 cm³/mol. The summed E-state index contributed by atoms with van der Waals surface area (Å²) in [5, 5.41) is 8.76. The van der Waals surface area contributed by atoms with Crippen LogP contribution in [0.1, 0.15) is 73.1 Å². The van der Waals surface area contributed by atoms with E-state index in [1.165, 1.54) is 0 Å². The lowest BCUT2D eigenvalue weighted by atomic mass is 10.0. The Kier molecular flexibility index (Phi) is 8.59. The maximum Gasteiger partial charge on any atom is 0.303 e. The summed E-state index contributed by atoms with van der Waals surface area (Å²) in [4.78, 5) is 38.0. The Bertz CT molecular complexity index is 809. The molecule has 0 saturated carbocycles. The molecule has 0 atom stereocenters. The molecule has 154 valence electrons. The topological polar surface area (TPSA) is 74.7 Å². The van der Waals surface area contributed by atoms with Gasteiger partial charge in [-0.2, -0.15) is 0 Å². The minimum atomic E-state index is -0.989. The number of benzene rings is 2. The third kappa shape index (κ3) is 6.28. The highest BCUT2D eigenvalue weighted by Gasteiger charge is 2.25. The summed E-state index contributed by atoms with van der Waals surface area (Å²) in [5.41, 5.74) is 1.84. The quantitative estimate of drug-likeness (QED) is 0.521. The molecule has 0 radical (unpaired) electrons. The van der Waals surface area contributed by atoms with Gasteiger partial charge in [0.1, 0.15) is 0 Å². The fourth-order valence-corrected chi connectivity index (χ4v) is 3.46. The number of anilines is 1. The Morgan fingerprint density at radius 1 is 0.828 bits per heavy atom. The Labute approximate surface area is 172 Å². The Morgan fingerprint density at radius 3 is 1.93 bits per heavy atom. The van der Waals surface area contributed by atoms with Crippen LogP contribution in [0.4, 0.5) is 5.69 Å². The Balaban J connectivity index is 2.33. The van der Waals surface area contributed by atoms with Crippen molar-refractivity contribution in [2.75, 3.05) is 4.90 Å². The van der Waals surface area contributed by atoms with Gasteiger partial charge in [0.25, 0.3) is 5.91 Å². The van der Waals surface area contributed by atoms with Crippen molar-refractivity contribution >= 4 is 23.3 Å². The van der Waals surface area contributed by atoms with Crippen LogP contribution in [-0.4, -0.2) is 28.8 Å². The van der Waals surface area contributed by atoms with Gasteiger partial charge in [-0.05, 0) is 49.2 Å². The number of hydrogen-bond acceptors (Lipinski definition) is 3. The van der Waals surface area contributed by atoms with Gasteiger partial charge in [-0.15, -0.1) is 0 Å². The molecule has 0 saturated heterocycles. The maximum absolute atomic E-state index is 13.3. The van der Waals surface area contributed by atoms with Crippen LogP contribution in [0.2, 0.25) is 0 Å². The molecular formula is C24H29NO4. The van der Waals surface area contributed by atoms with E-state index in [9.17, 15) is 14.4 Å². The zero-order valence-corrected chi connectivity index (χ0v) is 17.1. The molecule has 0 fully saturated rings. The smallest absolute Gasteiger partial charge is 0.303 e. The molecule has 5 heteroatoms. The van der Waals surface area contributed by atoms with E-state index < -0.39 is 5.97 Å². The first kappa shape index (κ1) is 22.3. The maximum atomic E-state index is 13.3. The van der Waals surface area contributed by atoms with Gasteiger partial charge in [0.15, 0.2) is 5.78 Å². The van der Waals surface area contributed by atoms with E-state index in [0.29, 0.717) is 11.1 Å². The van der Waals surface area contributed by atoms with Crippen molar-refractivity contribution in [2.45, 2.75) is 58.4 Å². The normalized spacial score (nSPS) is 10.7. The van der Waals surface area contributed by atoms with E-state index in [1.54, 1.807) is 24.3 Å². The lowest BCUT2D eigenvalue weighted by molar-refractivity contribution is -0.136. The summed E-state index contributed by atoms with van der Waals surface area (Å²) in [5.74, 6) is -1.25. The number of carboxylic acids is 1. The van der Waals surface area contributed by atoms with Gasteiger partial charge in [0.05, 0.1) is 6.42 Å². The van der Waals surface area contributed by atoms with E-state index in [0.717, 1.165) is 31.4 Å². The van der Waals surface area contributed by atoms with Crippen molar-refractivity contribution < 1.29 is 19.5 Å². The van der Waals surface area contributed by atoms with E-state index in [1.807, 2.05) is 35.2 Å². The van der Waals surface area contributed by atoms with Crippen molar-refractivity contribution in [1.82, 2.24) is 0 Å². The highest BCUT2D eigenvalue weighted by Crippen LogP contribution is 2.26. The number of carbonyl (C=O) groups excluding carboxylic acids is 2. The number of aliphatic carboxylic acids is 1. The molecule has 0 bridgehead atoms. The summed E-state index contributed by atoms with van der Waals surface area (Å²) < 4.78 is 0. The number of Topliss-reactive ketones (excluding diaryl/α,β-unsaturated/α-hetero) is 1. The van der Waals surface area contributed by atoms with Crippen LogP contribution in [-0.2, 0) is 4.79 Å². The molecule has 2 rings (SSSR count). The fourth-order valence-electron chi connectivity index (χ4n) is 3.46. The van der Waals surface area contributed by atoms with E-state index in [4.69, 9.17) is 5.11 Å². The third-order valence-electron chi connectivity index (χ3n) is 4.88. The number of nitrogens with zero attached hydrogens (tertiary/aromatic N) is 1. The molecule has 0 unspecified atom stereocenters. The van der Waals surface area contributed by atoms with Crippen LogP contribution < -0.4 is 4.90 Å². The van der Waals surface area contributed by atoms with Gasteiger partial charge in [-0.1, -0.05) is 44.9 Å². The second-order valence-electron chi connectivity index (χ2n) is 7.14. The molecule has 5 nitrogen and oxygen atoms in total. The van der Waals surface area contributed by atoms with Crippen molar-refractivity contribution in [3.8, 4) is 0 Å². The molecule has 0 heterocycles. The Morgan fingerprint density at radius 2 is 1.41 bits per heavy atom. The first-order valence-corrected chi connectivity index (χ1v) is 10.2. The molecule has 2 aromatic rings. The van der Waals surface area contributed by atoms with Gasteiger partial charge < -0.3 is 10.0 Å². The third-order valence-corrected chi connectivity index (χ3v) is 4.88. The van der Waals surface area contributed by atoms with Crippen LogP contribution in [0.5, 0.6) is 0 Å². The summed E-state index contributed by atoms with van der Waals surface area (Å²) in [6, 6.07) is 16.2. The summed E-state index contributed by atoms with van der Waals surface area (Å²) >= 11 is 0. The van der Waals surface area contributed by atoms with Crippen molar-refractivity contribution in [1.29, 1.82) is 0 Å². The monoisotopic (exact) mass is 395 g/mol. The van der Waals surface area contributed by atoms with Crippen LogP contribution in [0.15, 0.2) is 54.6 Å². The average Bonchev–Trinajstić information content (AvgIpc) is 2.73. The molecule has 0 spiro atoms. The highest BCUT2D eigenvalue weighted by molar-refractivity contribution is 6.07. The van der Waals surface area contributed by atoms with Crippen LogP contribution in [0.25, 0.3) is 0 Å². The predicted octanol–water partition coefficient (Wildman–Crippen LogP) is 5.35. The number of carbonyl (C=O) groups is 3. The van der Waals surface area contributed by atoms with E-state index in [-0.39, 0.29) is 30.6 Å². The SMILES string of the molecule is CCCC(CCC)N(C(=O)c1ccccc1)c1ccc(C(=O)CCC(=O)O)cc1. The minimum absolute atomic E-state index is 0.0321. The molecule has 0 aromatic heterocycles. The lowest BCUT2D eigenvalue weighted by Gasteiger charge is -2.32. The summed E-state index contributed by atoms with van der Waals surface area (Å²) in [7, 11) is 0. The molecular weight excluding hydrogens is 366 g/mol. The molecule has 0 aliphatic rings. The zero-order valence-electron chi connectivity index (χ0n) is 17.1. The van der Waals surface area contributed by atoms with Crippen LogP contribution in [0.3, 0.4) is 0 Å². The van der Waals surface area contributed by atoms with Gasteiger partial charge >= 0.3 is 5.97 Å². The van der Waals surface area contributed by atoms with Gasteiger partial charge in [-0.25, -0.2) is 0 Å². The minimum Gasteiger partial charge on any atom is -0.481 e. The number of ketones is 1. The average molecular weight is 395 g/mol. The number of amides is 1. The molecule has 1 amide bonds. The first-order chi connectivity index (χ1) is 14.0. The molecule has 29 heavy (non-hydrogen) atoms. The molecule has 0 aliphatic carbocycles. The molecule has 1 N–H and O–H groups in total. The Hall–Kier alpha value is -2.95. The highest BCUT2D eigenvalue weighted by atomic mass is 16.4. The van der Waals surface area contributed by atoms with Crippen molar-refractivity contribution in [3.63, 3.8) is 0 Å². The van der Waals surface area contributed by atoms with Gasteiger partial charge in [-0.3, -0.25) is 14.4 Å². The van der Waals surface area contributed by atoms with Crippen LogP contribution in [0, 0.1) is 0 Å². The standard InChI is InChI=1S/C24H29NO4/c1-3-8-20(9-4-2)25(24(29)19-10-6-5-7-11-19)21-14-12-18(13-15-21)22(26)16-17-23(27)28/h5-7,10-15,20H,3-4,8-9,16-17H2,1-2H3,(H,27,28). The molecule has 0 aliphatic heterocycles. The lowest BCUT2D eigenvalue weighted by Crippen LogP contribution is -2.40. The van der Waals surface area contributed by atoms with Gasteiger partial charge in [0, 0.05) is 29.3 Å². The largest absolute Gasteiger partial charge is 0.481 e. The molecule has 2 aromatic carbocycles. The van der Waals surface area contributed by atoms with E-state index in [2.05, 4.69) is 13.8 Å². The summed E-state index contributed by atoms with van der Waals surface area (Å²) in [6.45, 7) is 4.22. The van der Waals surface area contributed by atoms with E-state index >= 15 is 0 Å².